The molecule has 1 aromatic rings. The minimum absolute atomic E-state index is 0. The number of hydrogen-bond donors (Lipinski definition) is 3. The zero-order valence-electron chi connectivity index (χ0n) is 16.4. The van der Waals surface area contributed by atoms with Gasteiger partial charge in [0.25, 0.3) is 0 Å². The molecule has 0 aromatic carbocycles. The molecule has 29 heavy (non-hydrogen) atoms. The average Bonchev–Trinajstić information content (AvgIpc) is 3.06. The lowest BCUT2D eigenvalue weighted by Gasteiger charge is -2.16. The van der Waals surface area contributed by atoms with Crippen LogP contribution in [-0.2, 0) is 11.0 Å². The first-order valence-electron chi connectivity index (χ1n) is 9.48. The molecule has 0 bridgehead atoms. The number of guanidine groups is 1. The molecule has 11 heteroatoms. The number of amides is 1. The summed E-state index contributed by atoms with van der Waals surface area (Å²) in [6.07, 6.45) is -0.805. The van der Waals surface area contributed by atoms with E-state index in [1.54, 1.807) is 0 Å². The number of anilines is 1. The summed E-state index contributed by atoms with van der Waals surface area (Å²) in [5.74, 6) is 0.607. The van der Waals surface area contributed by atoms with Crippen LogP contribution in [0.25, 0.3) is 0 Å². The zero-order valence-corrected chi connectivity index (χ0v) is 18.7. The molecule has 1 aliphatic heterocycles. The summed E-state index contributed by atoms with van der Waals surface area (Å²) < 4.78 is 38.8. The van der Waals surface area contributed by atoms with Crippen molar-refractivity contribution in [1.29, 1.82) is 0 Å². The lowest BCUT2D eigenvalue weighted by atomic mass is 10.2. The van der Waals surface area contributed by atoms with E-state index in [-0.39, 0.29) is 42.2 Å². The first kappa shape index (κ1) is 25.2. The number of carbonyl (C=O) groups excluding carboxylic acids is 1. The molecule has 2 rings (SSSR count). The second kappa shape index (κ2) is 12.7. The Morgan fingerprint density at radius 1 is 1.31 bits per heavy atom. The van der Waals surface area contributed by atoms with E-state index in [9.17, 15) is 18.0 Å². The molecule has 1 saturated heterocycles. The monoisotopic (exact) mass is 528 g/mol. The van der Waals surface area contributed by atoms with Crippen LogP contribution in [0.1, 0.15) is 31.7 Å². The fourth-order valence-electron chi connectivity index (χ4n) is 2.87. The Kier molecular flexibility index (Phi) is 11.1. The third kappa shape index (κ3) is 8.62. The molecule has 0 aliphatic carbocycles. The summed E-state index contributed by atoms with van der Waals surface area (Å²) in [4.78, 5) is 21.6. The van der Waals surface area contributed by atoms with Gasteiger partial charge in [-0.05, 0) is 31.9 Å². The van der Waals surface area contributed by atoms with Gasteiger partial charge in [-0.3, -0.25) is 9.79 Å². The molecule has 1 aliphatic rings. The van der Waals surface area contributed by atoms with Crippen molar-refractivity contribution in [2.24, 2.45) is 4.99 Å². The third-order valence-electron chi connectivity index (χ3n) is 4.19. The lowest BCUT2D eigenvalue weighted by Crippen LogP contribution is -2.39. The number of likely N-dealkylation sites (tertiary alicyclic amines) is 1. The highest BCUT2D eigenvalue weighted by atomic mass is 127. The van der Waals surface area contributed by atoms with Gasteiger partial charge in [0, 0.05) is 51.9 Å². The van der Waals surface area contributed by atoms with Gasteiger partial charge in [0.2, 0.25) is 5.91 Å². The molecule has 1 amide bonds. The van der Waals surface area contributed by atoms with Crippen molar-refractivity contribution in [2.75, 3.05) is 44.6 Å². The third-order valence-corrected chi connectivity index (χ3v) is 4.19. The molecule has 0 spiro atoms. The summed E-state index contributed by atoms with van der Waals surface area (Å²) in [6.45, 7) is 5.31. The van der Waals surface area contributed by atoms with Gasteiger partial charge in [0.15, 0.2) is 5.96 Å². The largest absolute Gasteiger partial charge is 0.419 e. The van der Waals surface area contributed by atoms with Crippen LogP contribution in [0.5, 0.6) is 0 Å². The van der Waals surface area contributed by atoms with Gasteiger partial charge in [0.1, 0.15) is 5.82 Å². The summed E-state index contributed by atoms with van der Waals surface area (Å²) in [6, 6.07) is 2.26. The number of halogens is 4. The predicted molar refractivity (Wildman–Crippen MR) is 118 cm³/mol. The fraction of sp³-hybridized carbons (Fsp3) is 0.611. The fourth-order valence-corrected chi connectivity index (χ4v) is 2.87. The number of aromatic nitrogens is 1. The molecule has 3 N–H and O–H groups in total. The van der Waals surface area contributed by atoms with Crippen LogP contribution in [0.15, 0.2) is 23.3 Å². The molecule has 164 valence electrons. The number of nitrogens with one attached hydrogen (secondary N) is 3. The molecule has 2 heterocycles. The highest BCUT2D eigenvalue weighted by molar-refractivity contribution is 14.0. The molecule has 0 saturated carbocycles. The quantitative estimate of drug-likeness (QED) is 0.199. The van der Waals surface area contributed by atoms with Crippen molar-refractivity contribution >= 4 is 41.7 Å². The van der Waals surface area contributed by atoms with Crippen LogP contribution in [0.4, 0.5) is 19.0 Å². The van der Waals surface area contributed by atoms with E-state index in [0.29, 0.717) is 38.6 Å². The van der Waals surface area contributed by atoms with Crippen LogP contribution in [0, 0.1) is 0 Å². The number of hydrogen-bond acceptors (Lipinski definition) is 4. The van der Waals surface area contributed by atoms with Crippen molar-refractivity contribution in [3.05, 3.63) is 23.9 Å². The Balaban J connectivity index is 0.00000420. The van der Waals surface area contributed by atoms with E-state index < -0.39 is 11.7 Å². The Morgan fingerprint density at radius 2 is 2.10 bits per heavy atom. The molecule has 7 nitrogen and oxygen atoms in total. The standard InChI is InChI=1S/C18H27F3N6O.HI/c1-2-22-17(25-9-5-13-27-12-4-7-15(27)28)26-11-10-24-16-14(18(19,20)21)6-3-8-23-16;/h3,6,8H,2,4-5,7,9-13H2,1H3,(H,23,24)(H2,22,25,26);1H. The highest BCUT2D eigenvalue weighted by Crippen LogP contribution is 2.33. The molecule has 0 unspecified atom stereocenters. The summed E-state index contributed by atoms with van der Waals surface area (Å²) >= 11 is 0. The van der Waals surface area contributed by atoms with E-state index >= 15 is 0 Å². The first-order chi connectivity index (χ1) is 13.4. The van der Waals surface area contributed by atoms with E-state index in [1.165, 1.54) is 12.3 Å². The SMILES string of the molecule is CCNC(=NCCCN1CCCC1=O)NCCNc1ncccc1C(F)(F)F.I. The van der Waals surface area contributed by atoms with E-state index in [2.05, 4.69) is 25.9 Å². The summed E-state index contributed by atoms with van der Waals surface area (Å²) in [5.41, 5.74) is -0.785. The van der Waals surface area contributed by atoms with Crippen molar-refractivity contribution < 1.29 is 18.0 Å². The predicted octanol–water partition coefficient (Wildman–Crippen LogP) is 2.70. The van der Waals surface area contributed by atoms with Gasteiger partial charge in [0.05, 0.1) is 5.56 Å². The van der Waals surface area contributed by atoms with Gasteiger partial charge < -0.3 is 20.9 Å². The van der Waals surface area contributed by atoms with Crippen molar-refractivity contribution in [1.82, 2.24) is 20.5 Å². The van der Waals surface area contributed by atoms with E-state index in [4.69, 9.17) is 0 Å². The van der Waals surface area contributed by atoms with Crippen LogP contribution >= 0.6 is 24.0 Å². The van der Waals surface area contributed by atoms with Gasteiger partial charge in [-0.2, -0.15) is 13.2 Å². The van der Waals surface area contributed by atoms with Crippen molar-refractivity contribution in [3.63, 3.8) is 0 Å². The van der Waals surface area contributed by atoms with E-state index in [1.807, 2.05) is 11.8 Å². The summed E-state index contributed by atoms with van der Waals surface area (Å²) in [7, 11) is 0. The number of nitrogens with zero attached hydrogens (tertiary/aromatic N) is 3. The topological polar surface area (TPSA) is 81.7 Å². The molecule has 0 atom stereocenters. The minimum atomic E-state index is -4.45. The Bertz CT molecular complexity index is 671. The molecular weight excluding hydrogens is 500 g/mol. The number of carbonyl (C=O) groups is 1. The lowest BCUT2D eigenvalue weighted by molar-refractivity contribution is -0.137. The van der Waals surface area contributed by atoms with Crippen LogP contribution in [0.3, 0.4) is 0 Å². The number of rotatable bonds is 9. The average molecular weight is 528 g/mol. The minimum Gasteiger partial charge on any atom is -0.368 e. The van der Waals surface area contributed by atoms with Crippen LogP contribution in [-0.4, -0.2) is 61.0 Å². The number of pyridine rings is 1. The second-order valence-corrected chi connectivity index (χ2v) is 6.35. The Labute approximate surface area is 185 Å². The summed E-state index contributed by atoms with van der Waals surface area (Å²) in [5, 5.41) is 8.87. The van der Waals surface area contributed by atoms with Gasteiger partial charge in [-0.25, -0.2) is 4.98 Å². The maximum absolute atomic E-state index is 12.9. The molecule has 1 fully saturated rings. The van der Waals surface area contributed by atoms with Gasteiger partial charge in [-0.15, -0.1) is 24.0 Å². The Hall–Kier alpha value is -1.79. The van der Waals surface area contributed by atoms with Gasteiger partial charge in [-0.1, -0.05) is 0 Å². The molecular formula is C18H28F3IN6O. The normalized spacial score (nSPS) is 14.6. The maximum atomic E-state index is 12.9. The maximum Gasteiger partial charge on any atom is 0.419 e. The second-order valence-electron chi connectivity index (χ2n) is 6.35. The van der Waals surface area contributed by atoms with Gasteiger partial charge >= 0.3 is 6.18 Å². The number of aliphatic imine (C=N–C) groups is 1. The number of alkyl halides is 3. The zero-order chi connectivity index (χ0) is 20.4. The van der Waals surface area contributed by atoms with Crippen molar-refractivity contribution in [3.8, 4) is 0 Å². The van der Waals surface area contributed by atoms with Crippen LogP contribution < -0.4 is 16.0 Å². The highest BCUT2D eigenvalue weighted by Gasteiger charge is 2.33. The molecule has 1 aromatic heterocycles. The van der Waals surface area contributed by atoms with Crippen LogP contribution in [0.2, 0.25) is 0 Å². The first-order valence-corrected chi connectivity index (χ1v) is 9.48. The smallest absolute Gasteiger partial charge is 0.368 e. The molecule has 0 radical (unpaired) electrons. The van der Waals surface area contributed by atoms with Crippen molar-refractivity contribution in [2.45, 2.75) is 32.4 Å². The van der Waals surface area contributed by atoms with E-state index in [0.717, 1.165) is 25.5 Å². The Morgan fingerprint density at radius 3 is 2.76 bits per heavy atom.